The van der Waals surface area contributed by atoms with Gasteiger partial charge in [-0.3, -0.25) is 19.4 Å². The van der Waals surface area contributed by atoms with Crippen LogP contribution in [0.2, 0.25) is 0 Å². The van der Waals surface area contributed by atoms with Gasteiger partial charge in [-0.2, -0.15) is 0 Å². The molecule has 2 saturated heterocycles. The molecular formula is C56H70N8O7S. The summed E-state index contributed by atoms with van der Waals surface area (Å²) in [6, 6.07) is 18.5. The highest BCUT2D eigenvalue weighted by molar-refractivity contribution is 7.13. The Morgan fingerprint density at radius 2 is 1.61 bits per heavy atom. The molecular weight excluding hydrogens is 929 g/mol. The van der Waals surface area contributed by atoms with Gasteiger partial charge in [0.25, 0.3) is 0 Å². The minimum Gasteiger partial charge on any atom is -0.474 e. The number of unbranched alkanes of at least 4 members (excludes halogenated alkanes) is 2. The number of hydrogen-bond acceptors (Lipinski definition) is 12. The first-order valence-electron chi connectivity index (χ1n) is 25.7. The third kappa shape index (κ3) is 12.0. The molecule has 72 heavy (non-hydrogen) atoms. The molecule has 6 aromatic rings. The minimum absolute atomic E-state index is 0.0111. The number of β-amino-alcohol motifs (C(OH)–C–C–N with tert-alkyl or cyclic N) is 1. The molecule has 2 aliphatic heterocycles. The van der Waals surface area contributed by atoms with Crippen molar-refractivity contribution in [3.05, 3.63) is 96.0 Å². The fourth-order valence-electron chi connectivity index (χ4n) is 10.4. The van der Waals surface area contributed by atoms with Crippen molar-refractivity contribution in [2.45, 2.75) is 129 Å². The van der Waals surface area contributed by atoms with Crippen LogP contribution in [-0.2, 0) is 30.9 Å². The van der Waals surface area contributed by atoms with E-state index in [0.717, 1.165) is 103 Å². The number of likely N-dealkylation sites (tertiary alicyclic amines) is 2. The monoisotopic (exact) mass is 999 g/mol. The molecule has 0 spiro atoms. The average molecular weight is 999 g/mol. The van der Waals surface area contributed by atoms with Crippen LogP contribution < -0.4 is 15.4 Å². The lowest BCUT2D eigenvalue weighted by molar-refractivity contribution is -0.144. The standard InChI is InChI=1S/C56H70N8O7S/c1-35(37-10-12-38(13-11-37)52-36(2)59-34-72-52)60-54(67)49-27-41(65)32-64(49)55(68)53(56(3,4)5)61-50(66)33-69-25-9-7-8-22-63-23-19-42(20-24-63)70-43-28-44(29-43)71-51-17-15-40(30-58-51)39-14-16-45-46-31-57-21-18-47(46)62(6)48(45)26-39/h10-18,21,26,30-31,34-35,41-44,49,53,65H,7-9,19-20,22-25,27-29,32-33H2,1-6H3,(H,60,67)(H,61,66)/t35-,41+,43?,44?,49-,53?/m0/s1. The van der Waals surface area contributed by atoms with E-state index in [1.54, 1.807) is 11.3 Å². The van der Waals surface area contributed by atoms with Crippen LogP contribution in [0.3, 0.4) is 0 Å². The van der Waals surface area contributed by atoms with Crippen molar-refractivity contribution in [3.8, 4) is 27.4 Å². The first-order valence-corrected chi connectivity index (χ1v) is 26.6. The van der Waals surface area contributed by atoms with E-state index < -0.39 is 35.4 Å². The predicted molar refractivity (Wildman–Crippen MR) is 280 cm³/mol. The molecule has 2 aromatic carbocycles. The van der Waals surface area contributed by atoms with E-state index in [-0.39, 0.29) is 49.8 Å². The minimum atomic E-state index is -0.918. The van der Waals surface area contributed by atoms with Crippen LogP contribution in [0.25, 0.3) is 43.4 Å². The summed E-state index contributed by atoms with van der Waals surface area (Å²) in [5.41, 5.74) is 8.62. The summed E-state index contributed by atoms with van der Waals surface area (Å²) < 4.78 is 20.7. The van der Waals surface area contributed by atoms with E-state index in [4.69, 9.17) is 14.2 Å². The summed E-state index contributed by atoms with van der Waals surface area (Å²) in [6.07, 6.45) is 12.2. The highest BCUT2D eigenvalue weighted by Gasteiger charge is 2.45. The number of piperidine rings is 1. The zero-order valence-corrected chi connectivity index (χ0v) is 43.3. The van der Waals surface area contributed by atoms with Gasteiger partial charge >= 0.3 is 0 Å². The lowest BCUT2D eigenvalue weighted by Crippen LogP contribution is -2.58. The Morgan fingerprint density at radius 1 is 0.847 bits per heavy atom. The maximum absolute atomic E-state index is 14.1. The summed E-state index contributed by atoms with van der Waals surface area (Å²) in [4.78, 5) is 59.3. The number of fused-ring (bicyclic) bond motifs is 3. The Balaban J connectivity index is 0.630. The van der Waals surface area contributed by atoms with Gasteiger partial charge in [0.2, 0.25) is 23.6 Å². The van der Waals surface area contributed by atoms with Gasteiger partial charge in [-0.15, -0.1) is 11.3 Å². The molecule has 0 bridgehead atoms. The van der Waals surface area contributed by atoms with Crippen molar-refractivity contribution < 1.29 is 33.7 Å². The van der Waals surface area contributed by atoms with Crippen LogP contribution >= 0.6 is 11.3 Å². The van der Waals surface area contributed by atoms with Crippen LogP contribution in [0.15, 0.2) is 84.8 Å². The van der Waals surface area contributed by atoms with Gasteiger partial charge < -0.3 is 44.3 Å². The van der Waals surface area contributed by atoms with E-state index in [1.165, 1.54) is 21.3 Å². The van der Waals surface area contributed by atoms with Crippen molar-refractivity contribution in [3.63, 3.8) is 0 Å². The summed E-state index contributed by atoms with van der Waals surface area (Å²) in [7, 11) is 2.09. The van der Waals surface area contributed by atoms with Crippen molar-refractivity contribution in [1.29, 1.82) is 0 Å². The fourth-order valence-corrected chi connectivity index (χ4v) is 11.2. The molecule has 16 heteroatoms. The van der Waals surface area contributed by atoms with Gasteiger partial charge in [0, 0.05) is 99.1 Å². The highest BCUT2D eigenvalue weighted by Crippen LogP contribution is 2.34. The maximum Gasteiger partial charge on any atom is 0.246 e. The molecule has 3 amide bonds. The molecule has 3 aliphatic rings. The first-order chi connectivity index (χ1) is 34.7. The molecule has 4 aromatic heterocycles. The molecule has 4 atom stereocenters. The quantitative estimate of drug-likeness (QED) is 0.0669. The number of carbonyl (C=O) groups is 3. The van der Waals surface area contributed by atoms with Crippen LogP contribution in [0.5, 0.6) is 5.88 Å². The Kier molecular flexibility index (Phi) is 16.0. The lowest BCUT2D eigenvalue weighted by Gasteiger charge is -2.39. The van der Waals surface area contributed by atoms with E-state index in [9.17, 15) is 19.5 Å². The number of nitrogens with one attached hydrogen (secondary N) is 2. The number of thiazole rings is 1. The number of aliphatic hydroxyl groups excluding tert-OH is 1. The lowest BCUT2D eigenvalue weighted by atomic mass is 9.85. The summed E-state index contributed by atoms with van der Waals surface area (Å²) >= 11 is 1.59. The second kappa shape index (κ2) is 22.5. The number of aromatic nitrogens is 4. The van der Waals surface area contributed by atoms with E-state index in [1.807, 2.05) is 89.1 Å². The number of hydrogen-bond donors (Lipinski definition) is 3. The molecule has 1 saturated carbocycles. The molecule has 382 valence electrons. The van der Waals surface area contributed by atoms with Gasteiger partial charge in [-0.05, 0) is 92.8 Å². The number of aryl methyl sites for hydroxylation is 2. The molecule has 0 radical (unpaired) electrons. The highest BCUT2D eigenvalue weighted by atomic mass is 32.1. The molecule has 15 nitrogen and oxygen atoms in total. The number of pyridine rings is 2. The Labute approximate surface area is 426 Å². The Hall–Kier alpha value is -5.78. The largest absolute Gasteiger partial charge is 0.474 e. The van der Waals surface area contributed by atoms with Gasteiger partial charge in [0.1, 0.15) is 24.8 Å². The Morgan fingerprint density at radius 3 is 2.33 bits per heavy atom. The normalized spacial score (nSPS) is 20.6. The van der Waals surface area contributed by atoms with Gasteiger partial charge in [0.15, 0.2) is 0 Å². The zero-order valence-electron chi connectivity index (χ0n) is 42.5. The topological polar surface area (TPSA) is 173 Å². The Bertz CT molecular complexity index is 2810. The smallest absolute Gasteiger partial charge is 0.246 e. The molecule has 3 N–H and O–H groups in total. The SMILES string of the molecule is Cc1ncsc1-c1ccc([C@H](C)NC(=O)[C@@H]2C[C@@H](O)CN2C(=O)C(NC(=O)COCCCCCN2CCC(OC3CC(Oc4ccc(-c5ccc6c7cnccc7n(C)c6c5)cn4)C3)CC2)C(C)(C)C)cc1. The van der Waals surface area contributed by atoms with Crippen LogP contribution in [0.1, 0.15) is 96.4 Å². The predicted octanol–water partition coefficient (Wildman–Crippen LogP) is 8.17. The number of aliphatic hydroxyl groups is 1. The van der Waals surface area contributed by atoms with Crippen LogP contribution in [-0.4, -0.2) is 128 Å². The third-order valence-corrected chi connectivity index (χ3v) is 15.7. The third-order valence-electron chi connectivity index (χ3n) is 14.7. The first kappa shape index (κ1) is 51.1. The van der Waals surface area contributed by atoms with Gasteiger partial charge in [-0.25, -0.2) is 9.97 Å². The second-order valence-electron chi connectivity index (χ2n) is 21.1. The van der Waals surface area contributed by atoms with Crippen LogP contribution in [0, 0.1) is 12.3 Å². The summed E-state index contributed by atoms with van der Waals surface area (Å²) in [5.74, 6) is -0.489. The summed E-state index contributed by atoms with van der Waals surface area (Å²) in [5, 5.41) is 18.9. The summed E-state index contributed by atoms with van der Waals surface area (Å²) in [6.45, 7) is 12.8. The van der Waals surface area contributed by atoms with Crippen LogP contribution in [0.4, 0.5) is 0 Å². The molecule has 1 aliphatic carbocycles. The van der Waals surface area contributed by atoms with Crippen molar-refractivity contribution in [2.75, 3.05) is 39.4 Å². The number of nitrogens with zero attached hydrogens (tertiary/aromatic N) is 6. The van der Waals surface area contributed by atoms with E-state index >= 15 is 0 Å². The number of amides is 3. The fraction of sp³-hybridized carbons (Fsp3) is 0.500. The number of benzene rings is 2. The number of ether oxygens (including phenoxy) is 3. The molecule has 3 fully saturated rings. The number of rotatable bonds is 19. The zero-order chi connectivity index (χ0) is 50.5. The molecule has 6 heterocycles. The number of carbonyl (C=O) groups excluding carboxylic acids is 3. The molecule has 1 unspecified atom stereocenters. The average Bonchev–Trinajstić information content (AvgIpc) is 4.06. The van der Waals surface area contributed by atoms with Gasteiger partial charge in [0.05, 0.1) is 46.0 Å². The van der Waals surface area contributed by atoms with Gasteiger partial charge in [-0.1, -0.05) is 57.2 Å². The maximum atomic E-state index is 14.1. The van der Waals surface area contributed by atoms with Crippen molar-refractivity contribution >= 4 is 50.9 Å². The second-order valence-corrected chi connectivity index (χ2v) is 21.9. The van der Waals surface area contributed by atoms with E-state index in [2.05, 4.69) is 72.4 Å². The van der Waals surface area contributed by atoms with Crippen molar-refractivity contribution in [2.24, 2.45) is 12.5 Å². The van der Waals surface area contributed by atoms with Crippen molar-refractivity contribution in [1.82, 2.24) is 40.0 Å². The van der Waals surface area contributed by atoms with E-state index in [0.29, 0.717) is 12.5 Å². The molecule has 9 rings (SSSR count).